The lowest BCUT2D eigenvalue weighted by molar-refractivity contribution is 0.0147. The van der Waals surface area contributed by atoms with Crippen LogP contribution < -0.4 is 4.90 Å². The first-order valence-electron chi connectivity index (χ1n) is 9.95. The van der Waals surface area contributed by atoms with Gasteiger partial charge in [-0.2, -0.15) is 0 Å². The van der Waals surface area contributed by atoms with Crippen molar-refractivity contribution in [3.63, 3.8) is 0 Å². The summed E-state index contributed by atoms with van der Waals surface area (Å²) in [7, 11) is 0. The summed E-state index contributed by atoms with van der Waals surface area (Å²) >= 11 is 0. The number of hydrogen-bond donors (Lipinski definition) is 1. The minimum Gasteiger partial charge on any atom is -0.422 e. The molecule has 2 heterocycles. The van der Waals surface area contributed by atoms with Crippen LogP contribution in [0.15, 0.2) is 65.1 Å². The molecule has 0 spiro atoms. The van der Waals surface area contributed by atoms with Gasteiger partial charge < -0.3 is 23.9 Å². The van der Waals surface area contributed by atoms with Gasteiger partial charge >= 0.3 is 0 Å². The minimum atomic E-state index is -0.914. The van der Waals surface area contributed by atoms with Crippen molar-refractivity contribution in [3.8, 4) is 0 Å². The van der Waals surface area contributed by atoms with Crippen LogP contribution in [-0.4, -0.2) is 43.0 Å². The second-order valence-corrected chi connectivity index (χ2v) is 7.08. The summed E-state index contributed by atoms with van der Waals surface area (Å²) in [5, 5.41) is 10.6. The predicted octanol–water partition coefficient (Wildman–Crippen LogP) is 3.35. The van der Waals surface area contributed by atoms with E-state index in [0.29, 0.717) is 38.0 Å². The lowest BCUT2D eigenvalue weighted by Gasteiger charge is -2.26. The fraction of sp³-hybridized carbons (Fsp3) is 0.348. The van der Waals surface area contributed by atoms with Crippen molar-refractivity contribution < 1.29 is 19.0 Å². The Bertz CT molecular complexity index is 876. The summed E-state index contributed by atoms with van der Waals surface area (Å²) in [6.45, 7) is 3.37. The molecule has 1 fully saturated rings. The Kier molecular flexibility index (Phi) is 6.56. The number of rotatable bonds is 8. The lowest BCUT2D eigenvalue weighted by Crippen LogP contribution is -2.36. The van der Waals surface area contributed by atoms with Crippen LogP contribution in [0, 0.1) is 0 Å². The molecule has 0 bridgehead atoms. The Morgan fingerprint density at radius 3 is 2.31 bits per heavy atom. The van der Waals surface area contributed by atoms with Gasteiger partial charge in [-0.1, -0.05) is 60.7 Å². The smallest absolute Gasteiger partial charge is 0.228 e. The van der Waals surface area contributed by atoms with Gasteiger partial charge in [-0.3, -0.25) is 0 Å². The number of benzene rings is 2. The van der Waals surface area contributed by atoms with E-state index in [2.05, 4.69) is 22.0 Å². The molecule has 6 nitrogen and oxygen atoms in total. The molecule has 1 aliphatic heterocycles. The number of morpholine rings is 1. The highest BCUT2D eigenvalue weighted by atomic mass is 16.5. The number of nitrogens with zero attached hydrogens (tertiary/aromatic N) is 2. The molecule has 0 radical (unpaired) electrons. The number of anilines is 1. The third kappa shape index (κ3) is 5.23. The second-order valence-electron chi connectivity index (χ2n) is 7.08. The van der Waals surface area contributed by atoms with Crippen LogP contribution in [0.3, 0.4) is 0 Å². The van der Waals surface area contributed by atoms with Gasteiger partial charge in [0.1, 0.15) is 5.69 Å². The lowest BCUT2D eigenvalue weighted by atomic mass is 10.1. The van der Waals surface area contributed by atoms with Crippen molar-refractivity contribution in [3.05, 3.63) is 83.4 Å². The van der Waals surface area contributed by atoms with E-state index in [4.69, 9.17) is 13.9 Å². The summed E-state index contributed by atoms with van der Waals surface area (Å²) in [5.41, 5.74) is 3.04. The molecule has 29 heavy (non-hydrogen) atoms. The topological polar surface area (TPSA) is 68.0 Å². The molecule has 0 saturated carbocycles. The number of aliphatic hydroxyl groups excluding tert-OH is 1. The van der Waals surface area contributed by atoms with Crippen LogP contribution in [0.25, 0.3) is 0 Å². The molecule has 2 aromatic carbocycles. The Balaban J connectivity index is 1.47. The number of ether oxygens (including phenoxy) is 2. The SMILES string of the molecule is OC(COCc1ccccc1)c1nc(Cc2ccccc2)c(N2CCOCC2)o1. The zero-order valence-corrected chi connectivity index (χ0v) is 16.4. The van der Waals surface area contributed by atoms with E-state index in [1.54, 1.807) is 0 Å². The van der Waals surface area contributed by atoms with Gasteiger partial charge in [0, 0.05) is 19.5 Å². The molecule has 0 aliphatic carbocycles. The quantitative estimate of drug-likeness (QED) is 0.632. The molecule has 1 atom stereocenters. The first-order valence-corrected chi connectivity index (χ1v) is 9.95. The fourth-order valence-corrected chi connectivity index (χ4v) is 3.36. The number of hydrogen-bond acceptors (Lipinski definition) is 6. The van der Waals surface area contributed by atoms with E-state index in [0.717, 1.165) is 29.9 Å². The van der Waals surface area contributed by atoms with Crippen molar-refractivity contribution in [1.82, 2.24) is 4.98 Å². The zero-order valence-electron chi connectivity index (χ0n) is 16.4. The highest BCUT2D eigenvalue weighted by molar-refractivity contribution is 5.44. The summed E-state index contributed by atoms with van der Waals surface area (Å²) in [4.78, 5) is 6.76. The Morgan fingerprint density at radius 1 is 0.966 bits per heavy atom. The van der Waals surface area contributed by atoms with Crippen LogP contribution in [0.1, 0.15) is 28.8 Å². The third-order valence-electron chi connectivity index (χ3n) is 4.88. The molecular formula is C23H26N2O4. The molecule has 1 aromatic heterocycles. The number of aliphatic hydroxyl groups is 1. The van der Waals surface area contributed by atoms with E-state index in [9.17, 15) is 5.11 Å². The first kappa shape index (κ1) is 19.6. The van der Waals surface area contributed by atoms with Gasteiger partial charge in [-0.15, -0.1) is 0 Å². The molecule has 1 unspecified atom stereocenters. The fourth-order valence-electron chi connectivity index (χ4n) is 3.36. The number of aromatic nitrogens is 1. The average molecular weight is 394 g/mol. The maximum absolute atomic E-state index is 10.6. The Morgan fingerprint density at radius 2 is 1.62 bits per heavy atom. The highest BCUT2D eigenvalue weighted by Gasteiger charge is 2.25. The summed E-state index contributed by atoms with van der Waals surface area (Å²) < 4.78 is 17.1. The van der Waals surface area contributed by atoms with Gasteiger partial charge in [0.15, 0.2) is 6.10 Å². The number of oxazole rings is 1. The average Bonchev–Trinajstić information content (AvgIpc) is 3.20. The summed E-state index contributed by atoms with van der Waals surface area (Å²) in [6.07, 6.45) is -0.266. The molecule has 0 amide bonds. The normalized spacial score (nSPS) is 15.4. The largest absolute Gasteiger partial charge is 0.422 e. The monoisotopic (exact) mass is 394 g/mol. The minimum absolute atomic E-state index is 0.128. The van der Waals surface area contributed by atoms with E-state index < -0.39 is 6.10 Å². The van der Waals surface area contributed by atoms with Gasteiger partial charge in [0.05, 0.1) is 26.4 Å². The highest BCUT2D eigenvalue weighted by Crippen LogP contribution is 2.28. The van der Waals surface area contributed by atoms with Gasteiger partial charge in [-0.25, -0.2) is 4.98 Å². The van der Waals surface area contributed by atoms with Crippen LogP contribution in [0.2, 0.25) is 0 Å². The van der Waals surface area contributed by atoms with E-state index in [1.807, 2.05) is 48.5 Å². The first-order chi connectivity index (χ1) is 14.3. The maximum Gasteiger partial charge on any atom is 0.228 e. The van der Waals surface area contributed by atoms with Gasteiger partial charge in [0.2, 0.25) is 11.8 Å². The Labute approximate surface area is 170 Å². The molecule has 1 saturated heterocycles. The third-order valence-corrected chi connectivity index (χ3v) is 4.88. The molecule has 1 aliphatic rings. The van der Waals surface area contributed by atoms with Crippen molar-refractivity contribution >= 4 is 5.88 Å². The van der Waals surface area contributed by atoms with E-state index in [-0.39, 0.29) is 6.61 Å². The second kappa shape index (κ2) is 9.69. The zero-order chi connectivity index (χ0) is 19.9. The maximum atomic E-state index is 10.6. The molecule has 3 aromatic rings. The van der Waals surface area contributed by atoms with Crippen molar-refractivity contribution in [2.45, 2.75) is 19.1 Å². The van der Waals surface area contributed by atoms with Crippen LogP contribution in [-0.2, 0) is 22.5 Å². The molecule has 6 heteroatoms. The van der Waals surface area contributed by atoms with E-state index >= 15 is 0 Å². The van der Waals surface area contributed by atoms with Crippen molar-refractivity contribution in [1.29, 1.82) is 0 Å². The van der Waals surface area contributed by atoms with Crippen molar-refractivity contribution in [2.75, 3.05) is 37.8 Å². The molecule has 152 valence electrons. The van der Waals surface area contributed by atoms with Gasteiger partial charge in [-0.05, 0) is 11.1 Å². The molecule has 1 N–H and O–H groups in total. The van der Waals surface area contributed by atoms with Gasteiger partial charge in [0.25, 0.3) is 0 Å². The Hall–Kier alpha value is -2.67. The molecular weight excluding hydrogens is 368 g/mol. The summed E-state index contributed by atoms with van der Waals surface area (Å²) in [6, 6.07) is 20.0. The predicted molar refractivity (Wildman–Crippen MR) is 110 cm³/mol. The van der Waals surface area contributed by atoms with Crippen LogP contribution in [0.5, 0.6) is 0 Å². The van der Waals surface area contributed by atoms with Crippen molar-refractivity contribution in [2.24, 2.45) is 0 Å². The standard InChI is InChI=1S/C23H26N2O4/c26-21(17-28-16-19-9-5-2-6-10-19)22-24-20(15-18-7-3-1-4-8-18)23(29-22)25-11-13-27-14-12-25/h1-10,21,26H,11-17H2. The van der Waals surface area contributed by atoms with Crippen LogP contribution >= 0.6 is 0 Å². The summed E-state index contributed by atoms with van der Waals surface area (Å²) in [5.74, 6) is 1.01. The van der Waals surface area contributed by atoms with E-state index in [1.165, 1.54) is 0 Å². The molecule has 4 rings (SSSR count). The van der Waals surface area contributed by atoms with Crippen LogP contribution in [0.4, 0.5) is 5.88 Å².